The minimum atomic E-state index is -0.510. The minimum Gasteiger partial charge on any atom is -0.497 e. The molecule has 1 saturated heterocycles. The molecule has 146 valence electrons. The molecule has 2 aromatic carbocycles. The first-order valence-electron chi connectivity index (χ1n) is 9.87. The molecule has 2 aromatic rings. The Morgan fingerprint density at radius 1 is 1.21 bits per heavy atom. The number of nitriles is 1. The summed E-state index contributed by atoms with van der Waals surface area (Å²) in [5, 5.41) is 19.6. The second-order valence-electron chi connectivity index (χ2n) is 7.81. The highest BCUT2D eigenvalue weighted by molar-refractivity contribution is 5.43. The Morgan fingerprint density at radius 3 is 2.64 bits per heavy atom. The molecule has 1 atom stereocenters. The maximum Gasteiger partial charge on any atom is 0.126 e. The average molecular weight is 378 g/mol. The van der Waals surface area contributed by atoms with Crippen molar-refractivity contribution in [2.45, 2.75) is 37.4 Å². The first-order chi connectivity index (χ1) is 13.6. The van der Waals surface area contributed by atoms with Crippen LogP contribution in [0, 0.1) is 11.3 Å². The van der Waals surface area contributed by atoms with Crippen LogP contribution >= 0.6 is 0 Å². The molecular formula is C23H26N2O3. The van der Waals surface area contributed by atoms with E-state index in [1.165, 1.54) is 5.56 Å². The first-order valence-corrected chi connectivity index (χ1v) is 9.87. The van der Waals surface area contributed by atoms with Gasteiger partial charge in [-0.1, -0.05) is 12.1 Å². The van der Waals surface area contributed by atoms with Crippen LogP contribution < -0.4 is 9.47 Å². The number of ether oxygens (including phenoxy) is 2. The number of fused-ring (bicyclic) bond motifs is 1. The smallest absolute Gasteiger partial charge is 0.126 e. The molecule has 5 nitrogen and oxygen atoms in total. The Labute approximate surface area is 166 Å². The van der Waals surface area contributed by atoms with Crippen LogP contribution in [0.3, 0.4) is 0 Å². The predicted octanol–water partition coefficient (Wildman–Crippen LogP) is 3.46. The van der Waals surface area contributed by atoms with Crippen LogP contribution in [0.5, 0.6) is 11.5 Å². The fourth-order valence-corrected chi connectivity index (χ4v) is 4.27. The lowest BCUT2D eigenvalue weighted by atomic mass is 9.81. The van der Waals surface area contributed by atoms with Gasteiger partial charge in [0.1, 0.15) is 17.1 Å². The van der Waals surface area contributed by atoms with E-state index in [1.54, 1.807) is 7.11 Å². The van der Waals surface area contributed by atoms with Crippen molar-refractivity contribution >= 4 is 0 Å². The Hall–Kier alpha value is -2.55. The fraction of sp³-hybridized carbons (Fsp3) is 0.435. The Bertz CT molecular complexity index is 864. The van der Waals surface area contributed by atoms with Crippen molar-refractivity contribution in [3.8, 4) is 17.6 Å². The van der Waals surface area contributed by atoms with Crippen molar-refractivity contribution in [1.82, 2.24) is 4.90 Å². The van der Waals surface area contributed by atoms with Crippen LogP contribution in [0.15, 0.2) is 42.5 Å². The number of aliphatic hydroxyl groups is 1. The largest absolute Gasteiger partial charge is 0.497 e. The summed E-state index contributed by atoms with van der Waals surface area (Å²) < 4.78 is 11.7. The van der Waals surface area contributed by atoms with Gasteiger partial charge in [-0.2, -0.15) is 5.26 Å². The fourth-order valence-electron chi connectivity index (χ4n) is 4.27. The van der Waals surface area contributed by atoms with Gasteiger partial charge in [0, 0.05) is 31.6 Å². The summed E-state index contributed by atoms with van der Waals surface area (Å²) in [7, 11) is 1.63. The van der Waals surface area contributed by atoms with Crippen LogP contribution in [-0.4, -0.2) is 42.4 Å². The maximum atomic E-state index is 10.7. The van der Waals surface area contributed by atoms with E-state index in [1.807, 2.05) is 42.5 Å². The molecule has 28 heavy (non-hydrogen) atoms. The molecule has 1 N–H and O–H groups in total. The molecule has 2 heterocycles. The van der Waals surface area contributed by atoms with Gasteiger partial charge in [0.2, 0.25) is 0 Å². The predicted molar refractivity (Wildman–Crippen MR) is 106 cm³/mol. The third kappa shape index (κ3) is 3.84. The average Bonchev–Trinajstić information content (AvgIpc) is 2.73. The third-order valence-electron chi connectivity index (χ3n) is 6.03. The minimum absolute atomic E-state index is 0.272. The zero-order chi connectivity index (χ0) is 19.6. The molecule has 0 saturated carbocycles. The number of aliphatic hydroxyl groups excluding tert-OH is 1. The van der Waals surface area contributed by atoms with Gasteiger partial charge in [0.15, 0.2) is 0 Å². The zero-order valence-electron chi connectivity index (χ0n) is 16.2. The molecule has 1 fully saturated rings. The van der Waals surface area contributed by atoms with Crippen LogP contribution in [-0.2, 0) is 6.42 Å². The number of likely N-dealkylation sites (tertiary alicyclic amines) is 1. The van der Waals surface area contributed by atoms with Crippen LogP contribution in [0.1, 0.15) is 42.1 Å². The summed E-state index contributed by atoms with van der Waals surface area (Å²) in [5.41, 5.74) is 2.51. The quantitative estimate of drug-likeness (QED) is 0.883. The van der Waals surface area contributed by atoms with Gasteiger partial charge in [0.25, 0.3) is 0 Å². The van der Waals surface area contributed by atoms with Gasteiger partial charge >= 0.3 is 0 Å². The van der Waals surface area contributed by atoms with Gasteiger partial charge in [-0.25, -0.2) is 0 Å². The number of hydrogen-bond donors (Lipinski definition) is 1. The zero-order valence-corrected chi connectivity index (χ0v) is 16.2. The van der Waals surface area contributed by atoms with E-state index in [9.17, 15) is 5.11 Å². The van der Waals surface area contributed by atoms with E-state index >= 15 is 0 Å². The number of hydrogen-bond acceptors (Lipinski definition) is 5. The van der Waals surface area contributed by atoms with Crippen molar-refractivity contribution in [1.29, 1.82) is 5.26 Å². The molecule has 2 aliphatic rings. The third-order valence-corrected chi connectivity index (χ3v) is 6.03. The molecule has 5 heteroatoms. The molecule has 0 aromatic heterocycles. The summed E-state index contributed by atoms with van der Waals surface area (Å²) >= 11 is 0. The summed E-state index contributed by atoms with van der Waals surface area (Å²) in [4.78, 5) is 2.46. The van der Waals surface area contributed by atoms with Crippen LogP contribution in [0.25, 0.3) is 0 Å². The Balaban J connectivity index is 1.35. The van der Waals surface area contributed by atoms with Crippen molar-refractivity contribution in [3.05, 3.63) is 59.2 Å². The molecule has 1 unspecified atom stereocenters. The second-order valence-corrected chi connectivity index (χ2v) is 7.81. The van der Waals surface area contributed by atoms with Crippen molar-refractivity contribution < 1.29 is 14.6 Å². The molecule has 0 bridgehead atoms. The highest BCUT2D eigenvalue weighted by atomic mass is 16.5. The van der Waals surface area contributed by atoms with E-state index in [0.717, 1.165) is 56.0 Å². The summed E-state index contributed by atoms with van der Waals surface area (Å²) in [6.45, 7) is 2.93. The van der Waals surface area contributed by atoms with Crippen molar-refractivity contribution in [3.63, 3.8) is 0 Å². The molecule has 1 spiro atoms. The number of benzene rings is 2. The number of methoxy groups -OCH3 is 1. The summed E-state index contributed by atoms with van der Waals surface area (Å²) in [6, 6.07) is 15.7. The number of piperidine rings is 1. The molecule has 0 aliphatic carbocycles. The van der Waals surface area contributed by atoms with Crippen LogP contribution in [0.4, 0.5) is 0 Å². The van der Waals surface area contributed by atoms with E-state index in [2.05, 4.69) is 11.0 Å². The van der Waals surface area contributed by atoms with E-state index in [4.69, 9.17) is 14.7 Å². The lowest BCUT2D eigenvalue weighted by Crippen LogP contribution is -2.50. The molecular weight excluding hydrogens is 352 g/mol. The van der Waals surface area contributed by atoms with Gasteiger partial charge in [-0.15, -0.1) is 0 Å². The highest BCUT2D eigenvalue weighted by Gasteiger charge is 2.42. The Morgan fingerprint density at radius 2 is 1.96 bits per heavy atom. The number of rotatable bonds is 4. The summed E-state index contributed by atoms with van der Waals surface area (Å²) in [6.07, 6.45) is 2.94. The van der Waals surface area contributed by atoms with Gasteiger partial charge in [0.05, 0.1) is 24.8 Å². The van der Waals surface area contributed by atoms with Gasteiger partial charge in [-0.05, 0) is 55.2 Å². The lowest BCUT2D eigenvalue weighted by molar-refractivity contribution is -0.0537. The van der Waals surface area contributed by atoms with Crippen LogP contribution in [0.2, 0.25) is 0 Å². The van der Waals surface area contributed by atoms with E-state index in [-0.39, 0.29) is 5.60 Å². The monoisotopic (exact) mass is 378 g/mol. The molecule has 0 amide bonds. The SMILES string of the molecule is COc1ccc2c(c1)C(O)CC1(CCN(CCc3ccc(C#N)cc3)CC1)O2. The van der Waals surface area contributed by atoms with Crippen molar-refractivity contribution in [2.24, 2.45) is 0 Å². The van der Waals surface area contributed by atoms with E-state index < -0.39 is 6.10 Å². The van der Waals surface area contributed by atoms with Crippen molar-refractivity contribution in [2.75, 3.05) is 26.7 Å². The van der Waals surface area contributed by atoms with Gasteiger partial charge in [-0.3, -0.25) is 0 Å². The maximum absolute atomic E-state index is 10.7. The first kappa shape index (κ1) is 18.8. The second kappa shape index (κ2) is 7.83. The molecule has 0 radical (unpaired) electrons. The Kier molecular flexibility index (Phi) is 5.25. The molecule has 2 aliphatic heterocycles. The number of nitrogens with zero attached hydrogens (tertiary/aromatic N) is 2. The van der Waals surface area contributed by atoms with E-state index in [0.29, 0.717) is 12.0 Å². The highest BCUT2D eigenvalue weighted by Crippen LogP contribution is 2.45. The normalized spacial score (nSPS) is 20.8. The lowest BCUT2D eigenvalue weighted by Gasteiger charge is -2.46. The molecule has 4 rings (SSSR count). The van der Waals surface area contributed by atoms with Gasteiger partial charge < -0.3 is 19.5 Å². The topological polar surface area (TPSA) is 65.7 Å². The standard InChI is InChI=1S/C23H26N2O3/c1-27-19-6-7-22-20(14-19)21(26)15-23(28-22)9-12-25(13-10-23)11-8-17-2-4-18(16-24)5-3-17/h2-7,14,21,26H,8-13,15H2,1H3. The summed E-state index contributed by atoms with van der Waals surface area (Å²) in [5.74, 6) is 1.53.